The van der Waals surface area contributed by atoms with E-state index in [1.165, 1.54) is 5.56 Å². The van der Waals surface area contributed by atoms with Crippen LogP contribution in [0.5, 0.6) is 0 Å². The normalized spacial score (nSPS) is 10.6. The Hall–Kier alpha value is -2.69. The number of carbonyl (C=O) groups is 2. The van der Waals surface area contributed by atoms with Crippen molar-refractivity contribution in [3.05, 3.63) is 95.1 Å². The molecule has 1 N–H and O–H groups in total. The quantitative estimate of drug-likeness (QED) is 0.448. The van der Waals surface area contributed by atoms with Crippen LogP contribution >= 0.6 is 11.6 Å². The molecule has 0 aromatic heterocycles. The monoisotopic (exact) mass is 445 g/mol. The zero-order valence-corrected chi connectivity index (χ0v) is 20.1. The van der Waals surface area contributed by atoms with Crippen molar-refractivity contribution in [2.24, 2.45) is 5.92 Å². The Morgan fingerprint density at radius 3 is 2.03 bits per heavy atom. The van der Waals surface area contributed by atoms with Crippen LogP contribution in [0.3, 0.4) is 0 Å². The smallest absolute Gasteiger partial charge is 0.246 e. The molecule has 2 rings (SSSR count). The van der Waals surface area contributed by atoms with Gasteiger partial charge in [-0.15, -0.1) is 6.58 Å². The van der Waals surface area contributed by atoms with Crippen LogP contribution in [-0.2, 0) is 20.7 Å². The lowest BCUT2D eigenvalue weighted by atomic mass is 9.97. The van der Waals surface area contributed by atoms with Gasteiger partial charge in [0.1, 0.15) is 6.79 Å². The fourth-order valence-corrected chi connectivity index (χ4v) is 2.53. The Labute approximate surface area is 193 Å². The number of hydrogen-bond acceptors (Lipinski definition) is 3. The van der Waals surface area contributed by atoms with E-state index in [1.54, 1.807) is 21.3 Å². The minimum absolute atomic E-state index is 0.0263. The van der Waals surface area contributed by atoms with Gasteiger partial charge in [0.25, 0.3) is 0 Å². The molecule has 1 unspecified atom stereocenters. The van der Waals surface area contributed by atoms with E-state index in [4.69, 9.17) is 16.4 Å². The predicted molar refractivity (Wildman–Crippen MR) is 133 cm³/mol. The number of benzene rings is 2. The SMILES string of the molecule is C=CC(/C=C(\C)C(=O)NC)CCc1ccccc1.C=O.COC.Cc1ccccc1Cl. The van der Waals surface area contributed by atoms with Crippen LogP contribution in [0.1, 0.15) is 24.5 Å². The Balaban J connectivity index is 0. The van der Waals surface area contributed by atoms with Crippen LogP contribution in [-0.4, -0.2) is 34.0 Å². The molecule has 0 fully saturated rings. The van der Waals surface area contributed by atoms with E-state index in [2.05, 4.69) is 28.8 Å². The molecular formula is C26H36ClNO3. The van der Waals surface area contributed by atoms with E-state index in [1.807, 2.05) is 75.3 Å². The molecule has 2 aromatic rings. The van der Waals surface area contributed by atoms with Crippen LogP contribution in [0.4, 0.5) is 0 Å². The minimum Gasteiger partial charge on any atom is -0.388 e. The second-order valence-corrected chi connectivity index (χ2v) is 6.92. The maximum absolute atomic E-state index is 11.4. The first-order chi connectivity index (χ1) is 14.9. The summed E-state index contributed by atoms with van der Waals surface area (Å²) in [6.45, 7) is 9.65. The lowest BCUT2D eigenvalue weighted by molar-refractivity contribution is -0.117. The topological polar surface area (TPSA) is 55.4 Å². The van der Waals surface area contributed by atoms with E-state index in [9.17, 15) is 4.79 Å². The Morgan fingerprint density at radius 1 is 1.10 bits per heavy atom. The van der Waals surface area contributed by atoms with E-state index in [-0.39, 0.29) is 11.8 Å². The van der Waals surface area contributed by atoms with Crippen molar-refractivity contribution in [2.45, 2.75) is 26.7 Å². The highest BCUT2D eigenvalue weighted by molar-refractivity contribution is 6.31. The molecule has 0 spiro atoms. The molecule has 0 aliphatic carbocycles. The van der Waals surface area contributed by atoms with Gasteiger partial charge in [0, 0.05) is 31.9 Å². The summed E-state index contributed by atoms with van der Waals surface area (Å²) in [7, 11) is 4.90. The molecule has 1 amide bonds. The molecule has 0 aliphatic heterocycles. The van der Waals surface area contributed by atoms with Crippen molar-refractivity contribution in [2.75, 3.05) is 21.3 Å². The number of amides is 1. The summed E-state index contributed by atoms with van der Waals surface area (Å²) in [4.78, 5) is 19.4. The van der Waals surface area contributed by atoms with Crippen LogP contribution in [0.2, 0.25) is 5.02 Å². The third-order valence-corrected chi connectivity index (χ3v) is 4.46. The largest absolute Gasteiger partial charge is 0.388 e. The molecular weight excluding hydrogens is 410 g/mol. The second-order valence-electron chi connectivity index (χ2n) is 6.51. The molecule has 1 atom stereocenters. The molecule has 0 aliphatic rings. The van der Waals surface area contributed by atoms with E-state index in [0.29, 0.717) is 0 Å². The van der Waals surface area contributed by atoms with Gasteiger partial charge in [0.15, 0.2) is 0 Å². The van der Waals surface area contributed by atoms with Gasteiger partial charge in [-0.2, -0.15) is 0 Å². The summed E-state index contributed by atoms with van der Waals surface area (Å²) >= 11 is 5.71. The van der Waals surface area contributed by atoms with Gasteiger partial charge >= 0.3 is 0 Å². The highest BCUT2D eigenvalue weighted by Crippen LogP contribution is 2.14. The maximum atomic E-state index is 11.4. The van der Waals surface area contributed by atoms with Gasteiger partial charge in [0.05, 0.1) is 0 Å². The van der Waals surface area contributed by atoms with Crippen molar-refractivity contribution in [3.8, 4) is 0 Å². The van der Waals surface area contributed by atoms with Gasteiger partial charge in [0.2, 0.25) is 5.91 Å². The molecule has 31 heavy (non-hydrogen) atoms. The first-order valence-electron chi connectivity index (χ1n) is 9.86. The fourth-order valence-electron chi connectivity index (χ4n) is 2.39. The summed E-state index contributed by atoms with van der Waals surface area (Å²) in [5, 5.41) is 3.47. The Morgan fingerprint density at radius 2 is 1.61 bits per heavy atom. The van der Waals surface area contributed by atoms with E-state index < -0.39 is 0 Å². The molecule has 2 aromatic carbocycles. The standard InChI is InChI=1S/C16H21NO.C7H7Cl.C2H6O.CH2O/c1-4-14(12-13(2)16(18)17-3)10-11-15-8-6-5-7-9-15;1-6-4-2-3-5-7(6)8;1-3-2;1-2/h4-9,12,14H,1,10-11H2,2-3H3,(H,17,18);2-5H,1H3;1-2H3;1H2/b13-12+;;;. The van der Waals surface area contributed by atoms with Gasteiger partial charge < -0.3 is 14.8 Å². The van der Waals surface area contributed by atoms with E-state index in [0.717, 1.165) is 29.0 Å². The number of rotatable bonds is 6. The zero-order valence-electron chi connectivity index (χ0n) is 19.4. The lowest BCUT2D eigenvalue weighted by Gasteiger charge is -2.09. The maximum Gasteiger partial charge on any atom is 0.246 e. The van der Waals surface area contributed by atoms with Gasteiger partial charge in [-0.3, -0.25) is 4.79 Å². The van der Waals surface area contributed by atoms with Crippen molar-refractivity contribution in [3.63, 3.8) is 0 Å². The van der Waals surface area contributed by atoms with Gasteiger partial charge in [-0.25, -0.2) is 0 Å². The number of hydrogen-bond donors (Lipinski definition) is 1. The number of methoxy groups -OCH3 is 1. The number of allylic oxidation sites excluding steroid dienone is 2. The number of aryl methyl sites for hydroxylation is 2. The number of carbonyl (C=O) groups excluding carboxylic acids is 2. The molecule has 0 saturated heterocycles. The number of ether oxygens (including phenoxy) is 1. The molecule has 0 saturated carbocycles. The average Bonchev–Trinajstić information content (AvgIpc) is 2.80. The Bertz CT molecular complexity index is 739. The van der Waals surface area contributed by atoms with Gasteiger partial charge in [-0.1, -0.05) is 72.3 Å². The van der Waals surface area contributed by atoms with Crippen LogP contribution < -0.4 is 5.32 Å². The minimum atomic E-state index is -0.0263. The second kappa shape index (κ2) is 20.6. The highest BCUT2D eigenvalue weighted by Gasteiger charge is 2.06. The molecule has 0 heterocycles. The van der Waals surface area contributed by atoms with Gasteiger partial charge in [-0.05, 0) is 49.8 Å². The number of nitrogens with one attached hydrogen (secondary N) is 1. The van der Waals surface area contributed by atoms with Crippen LogP contribution in [0, 0.1) is 12.8 Å². The third kappa shape index (κ3) is 15.8. The molecule has 0 radical (unpaired) electrons. The van der Waals surface area contributed by atoms with Crippen molar-refractivity contribution in [1.29, 1.82) is 0 Å². The van der Waals surface area contributed by atoms with Crippen LogP contribution in [0.25, 0.3) is 0 Å². The summed E-state index contributed by atoms with van der Waals surface area (Å²) in [6, 6.07) is 18.1. The molecule has 4 nitrogen and oxygen atoms in total. The predicted octanol–water partition coefficient (Wildman–Crippen LogP) is 5.84. The summed E-state index contributed by atoms with van der Waals surface area (Å²) < 4.78 is 4.25. The van der Waals surface area contributed by atoms with E-state index >= 15 is 0 Å². The first kappa shape index (κ1) is 30.5. The van der Waals surface area contributed by atoms with Crippen molar-refractivity contribution >= 4 is 24.3 Å². The first-order valence-corrected chi connectivity index (χ1v) is 10.2. The summed E-state index contributed by atoms with van der Waals surface area (Å²) in [5.74, 6) is 0.212. The lowest BCUT2D eigenvalue weighted by Crippen LogP contribution is -2.19. The molecule has 0 bridgehead atoms. The molecule has 5 heteroatoms. The van der Waals surface area contributed by atoms with Crippen molar-refractivity contribution in [1.82, 2.24) is 5.32 Å². The summed E-state index contributed by atoms with van der Waals surface area (Å²) in [5.41, 5.74) is 3.19. The Kier molecular flexibility index (Phi) is 20.2. The summed E-state index contributed by atoms with van der Waals surface area (Å²) in [6.07, 6.45) is 5.85. The number of likely N-dealkylation sites (N-methyl/N-ethyl adjacent to an activating group) is 1. The fraction of sp³-hybridized carbons (Fsp3) is 0.308. The van der Waals surface area contributed by atoms with Crippen molar-refractivity contribution < 1.29 is 14.3 Å². The van der Waals surface area contributed by atoms with Crippen LogP contribution in [0.15, 0.2) is 78.9 Å². The third-order valence-electron chi connectivity index (χ3n) is 4.04. The number of halogens is 1. The molecule has 170 valence electrons. The average molecular weight is 446 g/mol. The zero-order chi connectivity index (χ0) is 24.1. The highest BCUT2D eigenvalue weighted by atomic mass is 35.5.